The molecule has 5 aliphatic rings. The van der Waals surface area contributed by atoms with Crippen molar-refractivity contribution in [2.45, 2.75) is 101 Å². The number of thioether (sulfide) groups is 1. The molecule has 200 valence electrons. The number of rotatable bonds is 8. The van der Waals surface area contributed by atoms with Crippen LogP contribution in [0, 0.1) is 11.8 Å². The molecule has 5 fully saturated rings. The van der Waals surface area contributed by atoms with E-state index in [0.29, 0.717) is 36.1 Å². The Morgan fingerprint density at radius 1 is 0.914 bits per heavy atom. The van der Waals surface area contributed by atoms with Crippen LogP contribution in [-0.2, 0) is 9.63 Å². The van der Waals surface area contributed by atoms with Gasteiger partial charge in [0.05, 0.1) is 12.3 Å². The summed E-state index contributed by atoms with van der Waals surface area (Å²) < 4.78 is 0. The Morgan fingerprint density at radius 3 is 2.54 bits per heavy atom. The fourth-order valence-electron chi connectivity index (χ4n) is 7.00. The zero-order chi connectivity index (χ0) is 23.9. The first-order valence-corrected chi connectivity index (χ1v) is 15.8. The second-order valence-corrected chi connectivity index (χ2v) is 13.1. The minimum atomic E-state index is 0.346. The lowest BCUT2D eigenvalue weighted by Gasteiger charge is -2.42. The van der Waals surface area contributed by atoms with Gasteiger partial charge in [-0.1, -0.05) is 19.3 Å². The van der Waals surface area contributed by atoms with Crippen molar-refractivity contribution >= 4 is 17.7 Å². The molecule has 0 bridgehead atoms. The van der Waals surface area contributed by atoms with E-state index in [0.717, 1.165) is 82.5 Å². The lowest BCUT2D eigenvalue weighted by atomic mass is 9.79. The molecule has 0 aromatic carbocycles. The van der Waals surface area contributed by atoms with E-state index in [-0.39, 0.29) is 0 Å². The van der Waals surface area contributed by atoms with Crippen molar-refractivity contribution in [2.24, 2.45) is 11.8 Å². The molecule has 7 nitrogen and oxygen atoms in total. The molecule has 3 unspecified atom stereocenters. The van der Waals surface area contributed by atoms with Gasteiger partial charge in [0.1, 0.15) is 0 Å². The molecule has 1 saturated carbocycles. The van der Waals surface area contributed by atoms with Gasteiger partial charge >= 0.3 is 0 Å². The van der Waals surface area contributed by atoms with Crippen LogP contribution in [0.2, 0.25) is 0 Å². The van der Waals surface area contributed by atoms with Gasteiger partial charge in [-0.05, 0) is 82.8 Å². The zero-order valence-corrected chi connectivity index (χ0v) is 22.5. The zero-order valence-electron chi connectivity index (χ0n) is 21.7. The third kappa shape index (κ3) is 7.57. The summed E-state index contributed by atoms with van der Waals surface area (Å²) >= 11 is 2.14. The van der Waals surface area contributed by atoms with Crippen LogP contribution in [0.3, 0.4) is 0 Å². The quantitative estimate of drug-likeness (QED) is 0.467. The number of amides is 1. The summed E-state index contributed by atoms with van der Waals surface area (Å²) in [6.45, 7) is 7.05. The molecule has 8 heteroatoms. The van der Waals surface area contributed by atoms with Crippen LogP contribution in [0.15, 0.2) is 0 Å². The number of piperidine rings is 2. The summed E-state index contributed by atoms with van der Waals surface area (Å²) in [6, 6.07) is 0.431. The van der Waals surface area contributed by atoms with E-state index < -0.39 is 0 Å². The fraction of sp³-hybridized carbons (Fsp3) is 0.963. The van der Waals surface area contributed by atoms with Gasteiger partial charge in [0.25, 0.3) is 0 Å². The van der Waals surface area contributed by atoms with Crippen LogP contribution in [0.4, 0.5) is 0 Å². The Balaban J connectivity index is 1.03. The molecule has 0 radical (unpaired) electrons. The van der Waals surface area contributed by atoms with Gasteiger partial charge in [0.15, 0.2) is 0 Å². The molecule has 35 heavy (non-hydrogen) atoms. The number of carbonyl (C=O) groups excluding carboxylic acids is 1. The first-order valence-electron chi connectivity index (χ1n) is 14.7. The maximum atomic E-state index is 13.2. The minimum absolute atomic E-state index is 0.346. The molecule has 3 N–H and O–H groups in total. The van der Waals surface area contributed by atoms with Gasteiger partial charge in [-0.3, -0.25) is 14.5 Å². The third-order valence-electron chi connectivity index (χ3n) is 9.20. The summed E-state index contributed by atoms with van der Waals surface area (Å²) in [4.78, 5) is 23.9. The van der Waals surface area contributed by atoms with Crippen LogP contribution >= 0.6 is 11.8 Å². The first-order chi connectivity index (χ1) is 17.2. The lowest BCUT2D eigenvalue weighted by molar-refractivity contribution is -0.135. The molecule has 0 aromatic heterocycles. The predicted molar refractivity (Wildman–Crippen MR) is 143 cm³/mol. The number of hydroxylamine groups is 1. The highest BCUT2D eigenvalue weighted by molar-refractivity contribution is 7.99. The van der Waals surface area contributed by atoms with Crippen molar-refractivity contribution in [2.75, 3.05) is 51.6 Å². The highest BCUT2D eigenvalue weighted by Gasteiger charge is 2.35. The molecule has 5 rings (SSSR count). The molecule has 0 spiro atoms. The second-order valence-electron chi connectivity index (χ2n) is 11.7. The van der Waals surface area contributed by atoms with Crippen LogP contribution in [0.5, 0.6) is 0 Å². The molecular formula is C27H49N5O2S. The minimum Gasteiger partial charge on any atom is -0.340 e. The topological polar surface area (TPSA) is 68.9 Å². The molecule has 0 aromatic rings. The highest BCUT2D eigenvalue weighted by atomic mass is 32.2. The monoisotopic (exact) mass is 507 g/mol. The molecule has 5 atom stereocenters. The normalized spacial score (nSPS) is 35.9. The van der Waals surface area contributed by atoms with E-state index in [1.807, 2.05) is 0 Å². The smallest absolute Gasteiger partial charge is 0.222 e. The van der Waals surface area contributed by atoms with Crippen LogP contribution in [-0.4, -0.2) is 90.8 Å². The van der Waals surface area contributed by atoms with Gasteiger partial charge in [-0.15, -0.1) is 0 Å². The summed E-state index contributed by atoms with van der Waals surface area (Å²) in [5.41, 5.74) is 3.37. The Kier molecular flexibility index (Phi) is 10.1. The van der Waals surface area contributed by atoms with Crippen molar-refractivity contribution in [3.63, 3.8) is 0 Å². The Morgan fingerprint density at radius 2 is 1.74 bits per heavy atom. The lowest BCUT2D eigenvalue weighted by Crippen LogP contribution is -2.57. The van der Waals surface area contributed by atoms with Crippen LogP contribution in [0.25, 0.3) is 0 Å². The van der Waals surface area contributed by atoms with Gasteiger partial charge in [0.2, 0.25) is 5.91 Å². The maximum absolute atomic E-state index is 13.2. The number of nitrogens with zero attached hydrogens (tertiary/aromatic N) is 2. The van der Waals surface area contributed by atoms with Crippen molar-refractivity contribution in [1.82, 2.24) is 25.9 Å². The van der Waals surface area contributed by atoms with Crippen molar-refractivity contribution in [3.05, 3.63) is 0 Å². The van der Waals surface area contributed by atoms with Crippen molar-refractivity contribution < 1.29 is 9.63 Å². The van der Waals surface area contributed by atoms with Gasteiger partial charge in [0, 0.05) is 49.6 Å². The van der Waals surface area contributed by atoms with Crippen molar-refractivity contribution in [1.29, 1.82) is 0 Å². The summed E-state index contributed by atoms with van der Waals surface area (Å²) in [6.07, 6.45) is 15.9. The first kappa shape index (κ1) is 26.2. The third-order valence-corrected chi connectivity index (χ3v) is 10.7. The number of carbonyl (C=O) groups is 1. The van der Waals surface area contributed by atoms with E-state index in [2.05, 4.69) is 37.7 Å². The number of hydrogen-bond donors (Lipinski definition) is 3. The average Bonchev–Trinajstić information content (AvgIpc) is 3.37. The van der Waals surface area contributed by atoms with Crippen LogP contribution in [0.1, 0.15) is 77.0 Å². The SMILES string of the molecule is O=C(C[C@@H]1CCNC[C@H]1CC1CC(CSC2CCCCC2)ON1)N1CCN(C2CCCCN2)CC1. The van der Waals surface area contributed by atoms with E-state index in [9.17, 15) is 4.79 Å². The molecule has 4 heterocycles. The van der Waals surface area contributed by atoms with Gasteiger partial charge in [-0.2, -0.15) is 17.2 Å². The van der Waals surface area contributed by atoms with E-state index in [1.54, 1.807) is 0 Å². The Labute approximate surface area is 217 Å². The number of nitrogens with one attached hydrogen (secondary N) is 3. The summed E-state index contributed by atoms with van der Waals surface area (Å²) in [5, 5.41) is 8.12. The van der Waals surface area contributed by atoms with Gasteiger partial charge < -0.3 is 15.5 Å². The molecule has 1 amide bonds. The molecule has 4 saturated heterocycles. The van der Waals surface area contributed by atoms with E-state index >= 15 is 0 Å². The molecular weight excluding hydrogens is 458 g/mol. The number of piperazine rings is 1. The fourth-order valence-corrected chi connectivity index (χ4v) is 8.35. The average molecular weight is 508 g/mol. The number of hydrogen-bond acceptors (Lipinski definition) is 7. The second kappa shape index (κ2) is 13.4. The molecule has 1 aliphatic carbocycles. The van der Waals surface area contributed by atoms with Gasteiger partial charge in [-0.25, -0.2) is 0 Å². The van der Waals surface area contributed by atoms with E-state index in [1.165, 1.54) is 51.4 Å². The van der Waals surface area contributed by atoms with Crippen molar-refractivity contribution in [3.8, 4) is 0 Å². The Hall–Kier alpha value is -0.380. The van der Waals surface area contributed by atoms with Crippen LogP contribution < -0.4 is 16.1 Å². The standard InChI is InChI=1S/C27H49N5O2S/c33-27(32-14-12-31(13-15-32)26-8-4-5-10-29-26)17-21-9-11-28-19-22(21)16-23-18-24(34-30-23)20-35-25-6-2-1-3-7-25/h21-26,28-30H,1-20H2/t21-,22+,23?,24?,26?/m0/s1. The largest absolute Gasteiger partial charge is 0.340 e. The summed E-state index contributed by atoms with van der Waals surface area (Å²) in [7, 11) is 0. The highest BCUT2D eigenvalue weighted by Crippen LogP contribution is 2.33. The molecule has 4 aliphatic heterocycles. The van der Waals surface area contributed by atoms with E-state index in [4.69, 9.17) is 4.84 Å². The predicted octanol–water partition coefficient (Wildman–Crippen LogP) is 2.96. The summed E-state index contributed by atoms with van der Waals surface area (Å²) in [5.74, 6) is 2.57. The maximum Gasteiger partial charge on any atom is 0.222 e. The Bertz CT molecular complexity index is 649.